The smallest absolute Gasteiger partial charge is 0.253 e. The van der Waals surface area contributed by atoms with Crippen molar-refractivity contribution in [3.8, 4) is 11.3 Å². The highest BCUT2D eigenvalue weighted by atomic mass is 19.1. The molecule has 1 aromatic heterocycles. The molecule has 2 fully saturated rings. The van der Waals surface area contributed by atoms with Crippen molar-refractivity contribution in [2.75, 3.05) is 39.4 Å². The first kappa shape index (κ1) is 19.0. The number of hydrogen-bond acceptors (Lipinski definition) is 4. The van der Waals surface area contributed by atoms with Crippen LogP contribution in [0.1, 0.15) is 28.8 Å². The Balaban J connectivity index is 1.38. The number of carbonyl (C=O) groups is 1. The molecule has 0 saturated carbocycles. The Kier molecular flexibility index (Phi) is 5.98. The van der Waals surface area contributed by atoms with Crippen molar-refractivity contribution in [3.05, 3.63) is 53.7 Å². The van der Waals surface area contributed by atoms with E-state index in [0.29, 0.717) is 31.5 Å². The number of halogens is 1. The Labute approximate surface area is 165 Å². The number of amides is 1. The van der Waals surface area contributed by atoms with Crippen LogP contribution in [-0.2, 0) is 11.3 Å². The van der Waals surface area contributed by atoms with Gasteiger partial charge in [-0.2, -0.15) is 0 Å². The van der Waals surface area contributed by atoms with Crippen molar-refractivity contribution in [2.24, 2.45) is 0 Å². The number of pyridine rings is 1. The molecule has 28 heavy (non-hydrogen) atoms. The maximum absolute atomic E-state index is 13.3. The van der Waals surface area contributed by atoms with Crippen molar-refractivity contribution >= 4 is 5.91 Å². The minimum atomic E-state index is -0.774. The summed E-state index contributed by atoms with van der Waals surface area (Å²) in [6.07, 6.45) is 2.02. The fourth-order valence-electron chi connectivity index (χ4n) is 3.72. The molecule has 2 aliphatic heterocycles. The third-order valence-corrected chi connectivity index (χ3v) is 5.47. The maximum atomic E-state index is 13.3. The van der Waals surface area contributed by atoms with Crippen molar-refractivity contribution in [1.82, 2.24) is 14.8 Å². The minimum Gasteiger partial charge on any atom is -0.379 e. The van der Waals surface area contributed by atoms with Gasteiger partial charge in [0.25, 0.3) is 5.91 Å². The van der Waals surface area contributed by atoms with Crippen LogP contribution in [0.3, 0.4) is 0 Å². The normalized spacial score (nSPS) is 19.0. The summed E-state index contributed by atoms with van der Waals surface area (Å²) < 4.78 is 18.7. The summed E-state index contributed by atoms with van der Waals surface area (Å²) in [5.74, 6) is -0.0210. The van der Waals surface area contributed by atoms with Gasteiger partial charge in [-0.05, 0) is 36.6 Å². The Hall–Kier alpha value is -2.31. The van der Waals surface area contributed by atoms with E-state index in [1.54, 1.807) is 4.90 Å². The number of morpholine rings is 1. The lowest BCUT2D eigenvalue weighted by atomic mass is 10.0. The molecule has 0 aliphatic carbocycles. The van der Waals surface area contributed by atoms with Gasteiger partial charge >= 0.3 is 0 Å². The predicted molar refractivity (Wildman–Crippen MR) is 106 cm³/mol. The first-order valence-corrected chi connectivity index (χ1v) is 9.98. The summed E-state index contributed by atoms with van der Waals surface area (Å²) in [5.41, 5.74) is 3.71. The number of aromatic nitrogens is 1. The summed E-state index contributed by atoms with van der Waals surface area (Å²) in [6, 6.07) is 11.7. The van der Waals surface area contributed by atoms with Crippen LogP contribution >= 0.6 is 0 Å². The van der Waals surface area contributed by atoms with Gasteiger partial charge in [-0.25, -0.2) is 4.39 Å². The number of alkyl halides is 1. The lowest BCUT2D eigenvalue weighted by Crippen LogP contribution is -2.39. The second kappa shape index (κ2) is 8.80. The molecular weight excluding hydrogens is 357 g/mol. The molecule has 0 bridgehead atoms. The number of hydrogen-bond donors (Lipinski definition) is 0. The molecule has 2 aromatic rings. The lowest BCUT2D eigenvalue weighted by Gasteiger charge is -2.28. The van der Waals surface area contributed by atoms with Crippen LogP contribution in [0.2, 0.25) is 0 Å². The number of ether oxygens (including phenoxy) is 1. The summed E-state index contributed by atoms with van der Waals surface area (Å²) in [6.45, 7) is 5.38. The van der Waals surface area contributed by atoms with E-state index in [9.17, 15) is 9.18 Å². The molecule has 0 radical (unpaired) electrons. The fraction of sp³-hybridized carbons (Fsp3) is 0.455. The van der Waals surface area contributed by atoms with E-state index < -0.39 is 6.17 Å². The van der Waals surface area contributed by atoms with Crippen LogP contribution in [0, 0.1) is 0 Å². The third kappa shape index (κ3) is 4.56. The number of likely N-dealkylation sites (tertiary alicyclic amines) is 1. The molecule has 0 spiro atoms. The highest BCUT2D eigenvalue weighted by Gasteiger charge is 2.23. The van der Waals surface area contributed by atoms with Gasteiger partial charge in [-0.3, -0.25) is 14.7 Å². The molecule has 2 aliphatic rings. The number of rotatable bonds is 4. The molecule has 1 amide bonds. The number of carbonyl (C=O) groups excluding carboxylic acids is 1. The molecule has 148 valence electrons. The molecule has 0 unspecified atom stereocenters. The molecule has 5 nitrogen and oxygen atoms in total. The van der Waals surface area contributed by atoms with Crippen LogP contribution in [0.5, 0.6) is 0 Å². The molecular formula is C22H26FN3O2. The van der Waals surface area contributed by atoms with E-state index in [4.69, 9.17) is 4.74 Å². The quantitative estimate of drug-likeness (QED) is 0.814. The van der Waals surface area contributed by atoms with E-state index in [2.05, 4.69) is 16.0 Å². The Morgan fingerprint density at radius 2 is 1.75 bits per heavy atom. The molecule has 4 rings (SSSR count). The van der Waals surface area contributed by atoms with Gasteiger partial charge in [0.1, 0.15) is 6.17 Å². The summed E-state index contributed by atoms with van der Waals surface area (Å²) >= 11 is 0. The van der Waals surface area contributed by atoms with Crippen LogP contribution < -0.4 is 0 Å². The average Bonchev–Trinajstić information content (AvgIpc) is 2.75. The molecule has 0 N–H and O–H groups in total. The highest BCUT2D eigenvalue weighted by Crippen LogP contribution is 2.21. The van der Waals surface area contributed by atoms with Crippen molar-refractivity contribution in [1.29, 1.82) is 0 Å². The van der Waals surface area contributed by atoms with Crippen molar-refractivity contribution in [2.45, 2.75) is 25.6 Å². The summed E-state index contributed by atoms with van der Waals surface area (Å²) in [7, 11) is 0. The third-order valence-electron chi connectivity index (χ3n) is 5.47. The molecule has 2 saturated heterocycles. The number of benzene rings is 1. The van der Waals surface area contributed by atoms with Crippen LogP contribution in [-0.4, -0.2) is 66.3 Å². The van der Waals surface area contributed by atoms with Gasteiger partial charge in [-0.1, -0.05) is 18.2 Å². The maximum Gasteiger partial charge on any atom is 0.253 e. The average molecular weight is 383 g/mol. The first-order valence-electron chi connectivity index (χ1n) is 9.98. The fourth-order valence-corrected chi connectivity index (χ4v) is 3.72. The molecule has 0 atom stereocenters. The van der Waals surface area contributed by atoms with E-state index >= 15 is 0 Å². The van der Waals surface area contributed by atoms with E-state index in [1.165, 1.54) is 5.56 Å². The number of piperidine rings is 1. The standard InChI is InChI=1S/C22H26FN3O2/c23-20-7-9-26(10-8-20)22(27)19-4-2-18(3-5-19)21-6-1-17(15-24-21)16-25-11-13-28-14-12-25/h1-6,15,20H,7-14,16H2. The zero-order valence-corrected chi connectivity index (χ0v) is 16.0. The topological polar surface area (TPSA) is 45.7 Å². The van der Waals surface area contributed by atoms with Gasteiger partial charge in [0.05, 0.1) is 18.9 Å². The van der Waals surface area contributed by atoms with E-state index in [-0.39, 0.29) is 5.91 Å². The predicted octanol–water partition coefficient (Wildman–Crippen LogP) is 3.15. The van der Waals surface area contributed by atoms with Crippen LogP contribution in [0.25, 0.3) is 11.3 Å². The second-order valence-corrected chi connectivity index (χ2v) is 7.48. The van der Waals surface area contributed by atoms with Gasteiger partial charge in [0.2, 0.25) is 0 Å². The zero-order chi connectivity index (χ0) is 19.3. The van der Waals surface area contributed by atoms with Gasteiger partial charge < -0.3 is 9.64 Å². The Morgan fingerprint density at radius 3 is 2.39 bits per heavy atom. The second-order valence-electron chi connectivity index (χ2n) is 7.48. The highest BCUT2D eigenvalue weighted by molar-refractivity contribution is 5.94. The van der Waals surface area contributed by atoms with Gasteiger partial charge in [0.15, 0.2) is 0 Å². The van der Waals surface area contributed by atoms with Crippen molar-refractivity contribution < 1.29 is 13.9 Å². The minimum absolute atomic E-state index is 0.0210. The van der Waals surface area contributed by atoms with Crippen LogP contribution in [0.15, 0.2) is 42.6 Å². The zero-order valence-electron chi connectivity index (χ0n) is 16.0. The molecule has 6 heteroatoms. The summed E-state index contributed by atoms with van der Waals surface area (Å²) in [4.78, 5) is 21.3. The van der Waals surface area contributed by atoms with Gasteiger partial charge in [0, 0.05) is 50.0 Å². The number of nitrogens with zero attached hydrogens (tertiary/aromatic N) is 3. The van der Waals surface area contributed by atoms with Crippen molar-refractivity contribution in [3.63, 3.8) is 0 Å². The van der Waals surface area contributed by atoms with Gasteiger partial charge in [-0.15, -0.1) is 0 Å². The van der Waals surface area contributed by atoms with Crippen LogP contribution in [0.4, 0.5) is 4.39 Å². The first-order chi connectivity index (χ1) is 13.7. The summed E-state index contributed by atoms with van der Waals surface area (Å²) in [5, 5.41) is 0. The largest absolute Gasteiger partial charge is 0.379 e. The lowest BCUT2D eigenvalue weighted by molar-refractivity contribution is 0.0341. The monoisotopic (exact) mass is 383 g/mol. The molecule has 1 aromatic carbocycles. The Morgan fingerprint density at radius 1 is 1.04 bits per heavy atom. The SMILES string of the molecule is O=C(c1ccc(-c2ccc(CN3CCOCC3)cn2)cc1)N1CCC(F)CC1. The Bertz CT molecular complexity index is 780. The van der Waals surface area contributed by atoms with E-state index in [1.807, 2.05) is 36.5 Å². The molecule has 3 heterocycles. The van der Waals surface area contributed by atoms with E-state index in [0.717, 1.165) is 44.1 Å².